The minimum absolute atomic E-state index is 0.0428. The molecule has 1 saturated heterocycles. The van der Waals surface area contributed by atoms with Crippen molar-refractivity contribution in [3.05, 3.63) is 0 Å². The van der Waals surface area contributed by atoms with E-state index in [0.717, 1.165) is 12.8 Å². The molecular weight excluding hydrogens is 281 g/mol. The van der Waals surface area contributed by atoms with Gasteiger partial charge in [-0.05, 0) is 51.5 Å². The summed E-state index contributed by atoms with van der Waals surface area (Å²) in [5.74, 6) is -1.59. The van der Waals surface area contributed by atoms with E-state index in [9.17, 15) is 18.0 Å². The third-order valence-electron chi connectivity index (χ3n) is 5.08. The van der Waals surface area contributed by atoms with Crippen LogP contribution in [-0.2, 0) is 4.79 Å². The molecule has 1 aliphatic heterocycles. The van der Waals surface area contributed by atoms with Gasteiger partial charge in [-0.1, -0.05) is 6.42 Å². The average Bonchev–Trinajstić information content (AvgIpc) is 2.46. The zero-order chi connectivity index (χ0) is 15.6. The van der Waals surface area contributed by atoms with E-state index in [4.69, 9.17) is 5.73 Å². The topological polar surface area (TPSA) is 46.3 Å². The van der Waals surface area contributed by atoms with Gasteiger partial charge in [-0.25, -0.2) is 0 Å². The Labute approximate surface area is 124 Å². The lowest BCUT2D eigenvalue weighted by atomic mass is 9.79. The van der Waals surface area contributed by atoms with E-state index in [1.807, 2.05) is 6.92 Å². The number of amides is 1. The lowest BCUT2D eigenvalue weighted by Gasteiger charge is -2.41. The molecule has 1 amide bonds. The van der Waals surface area contributed by atoms with Crippen LogP contribution in [0.2, 0.25) is 0 Å². The fourth-order valence-electron chi connectivity index (χ4n) is 3.63. The molecule has 2 aliphatic rings. The second-order valence-corrected chi connectivity index (χ2v) is 6.62. The first-order valence-corrected chi connectivity index (χ1v) is 7.90. The van der Waals surface area contributed by atoms with E-state index >= 15 is 0 Å². The minimum atomic E-state index is -4.17. The van der Waals surface area contributed by atoms with Gasteiger partial charge >= 0.3 is 6.18 Å². The molecule has 122 valence electrons. The van der Waals surface area contributed by atoms with Gasteiger partial charge in [0.05, 0.1) is 5.92 Å². The van der Waals surface area contributed by atoms with Crippen molar-refractivity contribution in [2.45, 2.75) is 57.7 Å². The van der Waals surface area contributed by atoms with Gasteiger partial charge in [0.25, 0.3) is 0 Å². The molecule has 0 aromatic heterocycles. The monoisotopic (exact) mass is 306 g/mol. The first kappa shape index (κ1) is 16.6. The second-order valence-electron chi connectivity index (χ2n) is 6.62. The van der Waals surface area contributed by atoms with E-state index in [1.54, 1.807) is 4.90 Å². The molecule has 4 atom stereocenters. The first-order valence-electron chi connectivity index (χ1n) is 7.90. The predicted molar refractivity (Wildman–Crippen MR) is 74.5 cm³/mol. The van der Waals surface area contributed by atoms with Crippen LogP contribution in [0.4, 0.5) is 13.2 Å². The number of nitrogens with zero attached hydrogens (tertiary/aromatic N) is 1. The maximum Gasteiger partial charge on any atom is 0.391 e. The summed E-state index contributed by atoms with van der Waals surface area (Å²) in [6.07, 6.45) is -1.09. The highest BCUT2D eigenvalue weighted by atomic mass is 19.4. The molecule has 2 fully saturated rings. The SMILES string of the molecule is CC1CCC(CN)CN1C(=O)C1CCCC(C(F)(F)F)C1. The van der Waals surface area contributed by atoms with Gasteiger partial charge in [-0.15, -0.1) is 0 Å². The van der Waals surface area contributed by atoms with Crippen LogP contribution in [-0.4, -0.2) is 36.1 Å². The van der Waals surface area contributed by atoms with Crippen molar-refractivity contribution in [2.24, 2.45) is 23.5 Å². The van der Waals surface area contributed by atoms with Crippen LogP contribution in [0, 0.1) is 17.8 Å². The number of nitrogens with two attached hydrogens (primary N) is 1. The molecular formula is C15H25F3N2O. The summed E-state index contributed by atoms with van der Waals surface area (Å²) >= 11 is 0. The summed E-state index contributed by atoms with van der Waals surface area (Å²) in [6, 6.07) is 0.117. The van der Waals surface area contributed by atoms with Crippen LogP contribution in [0.1, 0.15) is 45.4 Å². The van der Waals surface area contributed by atoms with Crippen molar-refractivity contribution in [1.82, 2.24) is 4.90 Å². The van der Waals surface area contributed by atoms with E-state index in [2.05, 4.69) is 0 Å². The van der Waals surface area contributed by atoms with Gasteiger partial charge < -0.3 is 10.6 Å². The lowest BCUT2D eigenvalue weighted by molar-refractivity contribution is -0.187. The third-order valence-corrected chi connectivity index (χ3v) is 5.08. The summed E-state index contributed by atoms with van der Waals surface area (Å²) in [4.78, 5) is 14.4. The Bertz CT molecular complexity index is 372. The number of carbonyl (C=O) groups excluding carboxylic acids is 1. The highest BCUT2D eigenvalue weighted by Crippen LogP contribution is 2.41. The predicted octanol–water partition coefficient (Wildman–Crippen LogP) is 2.94. The van der Waals surface area contributed by atoms with Gasteiger partial charge in [-0.3, -0.25) is 4.79 Å². The molecule has 0 radical (unpaired) electrons. The third kappa shape index (κ3) is 3.90. The Kier molecular flexibility index (Phi) is 5.17. The van der Waals surface area contributed by atoms with Crippen LogP contribution >= 0.6 is 0 Å². The summed E-state index contributed by atoms with van der Waals surface area (Å²) in [7, 11) is 0. The zero-order valence-corrected chi connectivity index (χ0v) is 12.5. The van der Waals surface area contributed by atoms with Gasteiger partial charge in [0.1, 0.15) is 0 Å². The Hall–Kier alpha value is -0.780. The van der Waals surface area contributed by atoms with E-state index < -0.39 is 18.0 Å². The Morgan fingerprint density at radius 3 is 2.57 bits per heavy atom. The second kappa shape index (κ2) is 6.55. The van der Waals surface area contributed by atoms with Gasteiger partial charge in [0.2, 0.25) is 5.91 Å². The number of alkyl halides is 3. The molecule has 4 unspecified atom stereocenters. The number of likely N-dealkylation sites (tertiary alicyclic amines) is 1. The molecule has 0 aromatic rings. The summed E-state index contributed by atoms with van der Waals surface area (Å²) in [5.41, 5.74) is 5.68. The molecule has 0 spiro atoms. The molecule has 2 N–H and O–H groups in total. The molecule has 3 nitrogen and oxygen atoms in total. The molecule has 2 rings (SSSR count). The van der Waals surface area contributed by atoms with Crippen LogP contribution in [0.3, 0.4) is 0 Å². The van der Waals surface area contributed by atoms with Crippen molar-refractivity contribution in [1.29, 1.82) is 0 Å². The number of hydrogen-bond acceptors (Lipinski definition) is 2. The van der Waals surface area contributed by atoms with Crippen LogP contribution in [0.25, 0.3) is 0 Å². The smallest absolute Gasteiger partial charge is 0.339 e. The first-order chi connectivity index (χ1) is 9.82. The Morgan fingerprint density at radius 2 is 1.95 bits per heavy atom. The lowest BCUT2D eigenvalue weighted by Crippen LogP contribution is -2.50. The average molecular weight is 306 g/mol. The van der Waals surface area contributed by atoms with Crippen molar-refractivity contribution in [3.63, 3.8) is 0 Å². The minimum Gasteiger partial charge on any atom is -0.339 e. The van der Waals surface area contributed by atoms with Gasteiger partial charge in [0.15, 0.2) is 0 Å². The maximum atomic E-state index is 12.9. The normalized spacial score (nSPS) is 34.8. The number of halogens is 3. The summed E-state index contributed by atoms with van der Waals surface area (Å²) in [5, 5.41) is 0. The molecule has 6 heteroatoms. The van der Waals surface area contributed by atoms with Gasteiger partial charge in [-0.2, -0.15) is 13.2 Å². The fourth-order valence-corrected chi connectivity index (χ4v) is 3.63. The number of piperidine rings is 1. The highest BCUT2D eigenvalue weighted by Gasteiger charge is 2.44. The van der Waals surface area contributed by atoms with Crippen LogP contribution in [0.5, 0.6) is 0 Å². The number of hydrogen-bond donors (Lipinski definition) is 1. The number of carbonyl (C=O) groups is 1. The van der Waals surface area contributed by atoms with E-state index in [0.29, 0.717) is 25.9 Å². The summed E-state index contributed by atoms with van der Waals surface area (Å²) < 4.78 is 38.6. The fraction of sp³-hybridized carbons (Fsp3) is 0.933. The molecule has 21 heavy (non-hydrogen) atoms. The van der Waals surface area contributed by atoms with Gasteiger partial charge in [0, 0.05) is 18.5 Å². The molecule has 0 bridgehead atoms. The van der Waals surface area contributed by atoms with Crippen molar-refractivity contribution >= 4 is 5.91 Å². The highest BCUT2D eigenvalue weighted by molar-refractivity contribution is 5.79. The largest absolute Gasteiger partial charge is 0.391 e. The molecule has 1 saturated carbocycles. The standard InChI is InChI=1S/C15H25F3N2O/c1-10-5-6-11(8-19)9-20(10)14(21)12-3-2-4-13(7-12)15(16,17)18/h10-13H,2-9,19H2,1H3. The van der Waals surface area contributed by atoms with E-state index in [1.165, 1.54) is 0 Å². The zero-order valence-electron chi connectivity index (χ0n) is 12.5. The summed E-state index contributed by atoms with van der Waals surface area (Å²) in [6.45, 7) is 3.12. The van der Waals surface area contributed by atoms with Crippen molar-refractivity contribution in [2.75, 3.05) is 13.1 Å². The number of rotatable bonds is 2. The quantitative estimate of drug-likeness (QED) is 0.852. The molecule has 0 aromatic carbocycles. The van der Waals surface area contributed by atoms with Crippen molar-refractivity contribution in [3.8, 4) is 0 Å². The van der Waals surface area contributed by atoms with Crippen LogP contribution in [0.15, 0.2) is 0 Å². The Balaban J connectivity index is 2.01. The Morgan fingerprint density at radius 1 is 1.24 bits per heavy atom. The van der Waals surface area contributed by atoms with Crippen LogP contribution < -0.4 is 5.73 Å². The molecule has 1 aliphatic carbocycles. The van der Waals surface area contributed by atoms with E-state index in [-0.39, 0.29) is 30.7 Å². The molecule has 1 heterocycles. The maximum absolute atomic E-state index is 12.9. The van der Waals surface area contributed by atoms with Crippen molar-refractivity contribution < 1.29 is 18.0 Å².